The zero-order chi connectivity index (χ0) is 18.0. The monoisotopic (exact) mass is 339 g/mol. The van der Waals surface area contributed by atoms with Crippen molar-refractivity contribution in [1.29, 1.82) is 0 Å². The highest BCUT2D eigenvalue weighted by atomic mass is 19.1. The molecule has 5 nitrogen and oxygen atoms in total. The molecule has 1 N–H and O–H groups in total. The number of anilines is 1. The molecule has 130 valence electrons. The summed E-state index contributed by atoms with van der Waals surface area (Å²) in [7, 11) is 0. The van der Waals surface area contributed by atoms with Gasteiger partial charge in [-0.25, -0.2) is 19.3 Å². The molecule has 2 heterocycles. The van der Waals surface area contributed by atoms with E-state index in [1.54, 1.807) is 29.1 Å². The molecule has 0 radical (unpaired) electrons. The van der Waals surface area contributed by atoms with Crippen molar-refractivity contribution >= 4 is 5.82 Å². The number of nitrogens with zero attached hydrogens (tertiary/aromatic N) is 4. The van der Waals surface area contributed by atoms with Gasteiger partial charge in [0.15, 0.2) is 0 Å². The van der Waals surface area contributed by atoms with Gasteiger partial charge in [0.25, 0.3) is 0 Å². The zero-order valence-electron chi connectivity index (χ0n) is 14.9. The molecule has 6 heteroatoms. The number of hydrogen-bond acceptors (Lipinski definition) is 4. The van der Waals surface area contributed by atoms with Gasteiger partial charge < -0.3 is 9.88 Å². The summed E-state index contributed by atoms with van der Waals surface area (Å²) < 4.78 is 16.2. The van der Waals surface area contributed by atoms with Gasteiger partial charge in [0.2, 0.25) is 0 Å². The molecule has 3 aromatic rings. The fourth-order valence-corrected chi connectivity index (χ4v) is 2.62. The Labute approximate surface area is 147 Å². The third kappa shape index (κ3) is 3.84. The Balaban J connectivity index is 1.76. The Kier molecular flexibility index (Phi) is 4.79. The van der Waals surface area contributed by atoms with Gasteiger partial charge in [-0.05, 0) is 31.5 Å². The van der Waals surface area contributed by atoms with Gasteiger partial charge in [-0.1, -0.05) is 19.9 Å². The summed E-state index contributed by atoms with van der Waals surface area (Å²) >= 11 is 0. The SMILES string of the molecule is Cc1cc(NCc2ccc(-n3ccnc3C)c(F)c2)nc(C(C)C)n1. The molecule has 0 aliphatic heterocycles. The van der Waals surface area contributed by atoms with Crippen molar-refractivity contribution in [3.63, 3.8) is 0 Å². The van der Waals surface area contributed by atoms with Crippen LogP contribution in [-0.2, 0) is 6.54 Å². The summed E-state index contributed by atoms with van der Waals surface area (Å²) in [4.78, 5) is 13.1. The van der Waals surface area contributed by atoms with Crippen LogP contribution >= 0.6 is 0 Å². The molecule has 0 aliphatic rings. The Bertz CT molecular complexity index is 885. The van der Waals surface area contributed by atoms with E-state index in [-0.39, 0.29) is 11.7 Å². The first-order valence-electron chi connectivity index (χ1n) is 8.32. The number of aryl methyl sites for hydroxylation is 2. The van der Waals surface area contributed by atoms with Crippen LogP contribution < -0.4 is 5.32 Å². The van der Waals surface area contributed by atoms with E-state index in [4.69, 9.17) is 0 Å². The Morgan fingerprint density at radius 2 is 1.96 bits per heavy atom. The summed E-state index contributed by atoms with van der Waals surface area (Å²) in [6.07, 6.45) is 3.41. The second-order valence-electron chi connectivity index (χ2n) is 6.39. The molecule has 0 saturated carbocycles. The average molecular weight is 339 g/mol. The minimum absolute atomic E-state index is 0.260. The van der Waals surface area contributed by atoms with Gasteiger partial charge in [0.1, 0.15) is 23.3 Å². The van der Waals surface area contributed by atoms with E-state index >= 15 is 0 Å². The first-order valence-corrected chi connectivity index (χ1v) is 8.32. The van der Waals surface area contributed by atoms with E-state index in [0.717, 1.165) is 28.7 Å². The molecule has 0 spiro atoms. The van der Waals surface area contributed by atoms with E-state index in [1.165, 1.54) is 0 Å². The van der Waals surface area contributed by atoms with Crippen LogP contribution in [0.15, 0.2) is 36.7 Å². The molecule has 1 aromatic carbocycles. The molecule has 0 bridgehead atoms. The third-order valence-corrected chi connectivity index (χ3v) is 3.96. The molecule has 0 aliphatic carbocycles. The normalized spacial score (nSPS) is 11.1. The summed E-state index contributed by atoms with van der Waals surface area (Å²) in [5.74, 6) is 2.30. The van der Waals surface area contributed by atoms with Crippen molar-refractivity contribution in [1.82, 2.24) is 19.5 Å². The predicted octanol–water partition coefficient (Wildman–Crippen LogP) is 4.15. The fraction of sp³-hybridized carbons (Fsp3) is 0.316. The van der Waals surface area contributed by atoms with E-state index in [9.17, 15) is 4.39 Å². The molecule has 0 fully saturated rings. The number of imidazole rings is 1. The molecule has 0 unspecified atom stereocenters. The second-order valence-corrected chi connectivity index (χ2v) is 6.39. The number of rotatable bonds is 5. The van der Waals surface area contributed by atoms with Gasteiger partial charge >= 0.3 is 0 Å². The van der Waals surface area contributed by atoms with E-state index in [2.05, 4.69) is 34.1 Å². The number of aromatic nitrogens is 4. The highest BCUT2D eigenvalue weighted by Crippen LogP contribution is 2.18. The van der Waals surface area contributed by atoms with Crippen LogP contribution in [0.1, 0.15) is 42.7 Å². The quantitative estimate of drug-likeness (QED) is 0.758. The summed E-state index contributed by atoms with van der Waals surface area (Å²) in [5, 5.41) is 3.25. The topological polar surface area (TPSA) is 55.6 Å². The molecule has 2 aromatic heterocycles. The van der Waals surface area contributed by atoms with Crippen LogP contribution in [0.4, 0.5) is 10.2 Å². The van der Waals surface area contributed by atoms with Crippen molar-refractivity contribution in [2.45, 2.75) is 40.2 Å². The average Bonchev–Trinajstić information content (AvgIpc) is 2.98. The molecule has 25 heavy (non-hydrogen) atoms. The molecule has 3 rings (SSSR count). The van der Waals surface area contributed by atoms with Crippen LogP contribution in [0.25, 0.3) is 5.69 Å². The summed E-state index contributed by atoms with van der Waals surface area (Å²) in [6.45, 7) is 8.41. The number of benzene rings is 1. The Morgan fingerprint density at radius 1 is 1.16 bits per heavy atom. The molecular weight excluding hydrogens is 317 g/mol. The number of hydrogen-bond donors (Lipinski definition) is 1. The number of halogens is 1. The lowest BCUT2D eigenvalue weighted by atomic mass is 10.2. The third-order valence-electron chi connectivity index (χ3n) is 3.96. The Morgan fingerprint density at radius 3 is 2.60 bits per heavy atom. The first kappa shape index (κ1) is 17.1. The fourth-order valence-electron chi connectivity index (χ4n) is 2.62. The summed E-state index contributed by atoms with van der Waals surface area (Å²) in [6, 6.07) is 7.11. The second kappa shape index (κ2) is 7.01. The van der Waals surface area contributed by atoms with E-state index in [1.807, 2.05) is 26.0 Å². The lowest BCUT2D eigenvalue weighted by Gasteiger charge is -2.12. The molecule has 0 atom stereocenters. The van der Waals surface area contributed by atoms with Crippen molar-refractivity contribution in [2.24, 2.45) is 0 Å². The van der Waals surface area contributed by atoms with Crippen molar-refractivity contribution in [3.05, 3.63) is 65.4 Å². The zero-order valence-corrected chi connectivity index (χ0v) is 14.9. The van der Waals surface area contributed by atoms with Crippen LogP contribution in [-0.4, -0.2) is 19.5 Å². The maximum Gasteiger partial charge on any atom is 0.147 e. The van der Waals surface area contributed by atoms with Crippen LogP contribution in [0, 0.1) is 19.7 Å². The highest BCUT2D eigenvalue weighted by molar-refractivity contribution is 5.41. The standard InChI is InChI=1S/C19H22FN5/c1-12(2)19-23-13(3)9-18(24-19)22-11-15-5-6-17(16(20)10-15)25-8-7-21-14(25)4/h5-10,12H,11H2,1-4H3,(H,22,23,24). The summed E-state index contributed by atoms with van der Waals surface area (Å²) in [5.41, 5.74) is 2.26. The maximum absolute atomic E-state index is 14.5. The highest BCUT2D eigenvalue weighted by Gasteiger charge is 2.09. The smallest absolute Gasteiger partial charge is 0.147 e. The van der Waals surface area contributed by atoms with Crippen molar-refractivity contribution < 1.29 is 4.39 Å². The maximum atomic E-state index is 14.5. The van der Waals surface area contributed by atoms with Gasteiger partial charge in [-0.2, -0.15) is 0 Å². The van der Waals surface area contributed by atoms with Gasteiger partial charge in [-0.15, -0.1) is 0 Å². The van der Waals surface area contributed by atoms with Crippen molar-refractivity contribution in [2.75, 3.05) is 5.32 Å². The molecule has 0 saturated heterocycles. The van der Waals surface area contributed by atoms with E-state index in [0.29, 0.717) is 12.2 Å². The number of nitrogens with one attached hydrogen (secondary N) is 1. The van der Waals surface area contributed by atoms with Crippen LogP contribution in [0.3, 0.4) is 0 Å². The van der Waals surface area contributed by atoms with Crippen LogP contribution in [0.2, 0.25) is 0 Å². The van der Waals surface area contributed by atoms with Gasteiger partial charge in [-0.3, -0.25) is 0 Å². The van der Waals surface area contributed by atoms with E-state index < -0.39 is 0 Å². The molecule has 0 amide bonds. The van der Waals surface area contributed by atoms with Crippen molar-refractivity contribution in [3.8, 4) is 5.69 Å². The minimum atomic E-state index is -0.276. The largest absolute Gasteiger partial charge is 0.366 e. The minimum Gasteiger partial charge on any atom is -0.366 e. The lowest BCUT2D eigenvalue weighted by Crippen LogP contribution is -2.07. The first-order chi connectivity index (χ1) is 11.9. The molecular formula is C19H22FN5. The lowest BCUT2D eigenvalue weighted by molar-refractivity contribution is 0.614. The van der Waals surface area contributed by atoms with Gasteiger partial charge in [0.05, 0.1) is 5.69 Å². The predicted molar refractivity (Wildman–Crippen MR) is 96.4 cm³/mol. The Hall–Kier alpha value is -2.76. The van der Waals surface area contributed by atoms with Gasteiger partial charge in [0, 0.05) is 36.6 Å². The van der Waals surface area contributed by atoms with Crippen LogP contribution in [0.5, 0.6) is 0 Å².